The lowest BCUT2D eigenvalue weighted by Gasteiger charge is -2.09. The number of amides is 2. The number of rotatable bonds is 4. The van der Waals surface area contributed by atoms with Gasteiger partial charge >= 0.3 is 0 Å². The third-order valence-corrected chi connectivity index (χ3v) is 5.41. The Hall–Kier alpha value is -3.07. The maximum atomic E-state index is 13.0. The van der Waals surface area contributed by atoms with Gasteiger partial charge in [-0.15, -0.1) is 16.4 Å². The monoisotopic (exact) mass is 368 g/mol. The van der Waals surface area contributed by atoms with Crippen LogP contribution in [0.2, 0.25) is 0 Å². The molecule has 1 aromatic carbocycles. The summed E-state index contributed by atoms with van der Waals surface area (Å²) < 4.78 is 1.53. The van der Waals surface area contributed by atoms with Gasteiger partial charge in [0.2, 0.25) is 5.91 Å². The molecule has 0 saturated carbocycles. The van der Waals surface area contributed by atoms with E-state index in [4.69, 9.17) is 0 Å². The van der Waals surface area contributed by atoms with Crippen LogP contribution >= 0.6 is 11.3 Å². The molecule has 2 N–H and O–H groups in total. The van der Waals surface area contributed by atoms with Crippen molar-refractivity contribution >= 4 is 34.5 Å². The quantitative estimate of drug-likeness (QED) is 0.736. The van der Waals surface area contributed by atoms with Crippen LogP contribution in [0.5, 0.6) is 0 Å². The summed E-state index contributed by atoms with van der Waals surface area (Å²) in [4.78, 5) is 25.4. The maximum absolute atomic E-state index is 13.0. The highest BCUT2D eigenvalue weighted by atomic mass is 32.1. The Morgan fingerprint density at radius 3 is 2.73 bits per heavy atom. The van der Waals surface area contributed by atoms with E-state index < -0.39 is 0 Å². The molecule has 4 rings (SSSR count). The van der Waals surface area contributed by atoms with Crippen LogP contribution in [0, 0.1) is 0 Å². The number of carbonyl (C=O) groups excluding carboxylic acids is 2. The molecular weight excluding hydrogens is 352 g/mol. The molecule has 0 unspecified atom stereocenters. The van der Waals surface area contributed by atoms with Gasteiger partial charge in [0, 0.05) is 23.2 Å². The van der Waals surface area contributed by atoms with E-state index in [1.54, 1.807) is 35.6 Å². The highest BCUT2D eigenvalue weighted by Crippen LogP contribution is 2.37. The molecule has 1 aliphatic rings. The van der Waals surface area contributed by atoms with Crippen LogP contribution < -0.4 is 10.6 Å². The van der Waals surface area contributed by atoms with E-state index in [1.807, 2.05) is 0 Å². The molecular formula is C17H16N6O2S. The van der Waals surface area contributed by atoms with Gasteiger partial charge in [-0.05, 0) is 53.5 Å². The predicted octanol–water partition coefficient (Wildman–Crippen LogP) is 2.42. The Morgan fingerprint density at radius 1 is 1.19 bits per heavy atom. The summed E-state index contributed by atoms with van der Waals surface area (Å²) in [5, 5.41) is 17.6. The summed E-state index contributed by atoms with van der Waals surface area (Å²) in [5.41, 5.74) is 2.95. The fraction of sp³-hybridized carbons (Fsp3) is 0.235. The lowest BCUT2D eigenvalue weighted by atomic mass is 10.1. The average molecular weight is 368 g/mol. The molecule has 0 fully saturated rings. The minimum absolute atomic E-state index is 0.162. The van der Waals surface area contributed by atoms with Crippen molar-refractivity contribution in [3.05, 3.63) is 46.6 Å². The van der Waals surface area contributed by atoms with E-state index in [0.29, 0.717) is 16.9 Å². The lowest BCUT2D eigenvalue weighted by Crippen LogP contribution is -2.16. The number of anilines is 2. The minimum Gasteiger partial charge on any atom is -0.326 e. The summed E-state index contributed by atoms with van der Waals surface area (Å²) >= 11 is 1.56. The van der Waals surface area contributed by atoms with Crippen molar-refractivity contribution in [2.75, 3.05) is 10.6 Å². The van der Waals surface area contributed by atoms with Crippen molar-refractivity contribution in [1.82, 2.24) is 20.2 Å². The van der Waals surface area contributed by atoms with Crippen LogP contribution in [-0.2, 0) is 17.6 Å². The maximum Gasteiger partial charge on any atom is 0.259 e. The van der Waals surface area contributed by atoms with E-state index in [2.05, 4.69) is 26.2 Å². The molecule has 2 amide bonds. The first kappa shape index (κ1) is 16.4. The Morgan fingerprint density at radius 2 is 2.00 bits per heavy atom. The van der Waals surface area contributed by atoms with Crippen molar-refractivity contribution in [2.45, 2.75) is 26.2 Å². The van der Waals surface area contributed by atoms with Crippen LogP contribution in [0.4, 0.5) is 11.4 Å². The van der Waals surface area contributed by atoms with Gasteiger partial charge < -0.3 is 10.6 Å². The van der Waals surface area contributed by atoms with Crippen LogP contribution in [0.25, 0.3) is 5.00 Å². The number of hydrogen-bond donors (Lipinski definition) is 2. The molecule has 0 aliphatic heterocycles. The Kier molecular flexibility index (Phi) is 4.21. The largest absolute Gasteiger partial charge is 0.326 e. The molecule has 0 saturated heterocycles. The number of fused-ring (bicyclic) bond motifs is 1. The zero-order valence-electron chi connectivity index (χ0n) is 14.0. The van der Waals surface area contributed by atoms with Gasteiger partial charge in [0.15, 0.2) is 0 Å². The third-order valence-electron chi connectivity index (χ3n) is 4.13. The van der Waals surface area contributed by atoms with Gasteiger partial charge in [0.1, 0.15) is 11.3 Å². The Balaban J connectivity index is 1.66. The molecule has 2 aromatic heterocycles. The van der Waals surface area contributed by atoms with Gasteiger partial charge in [-0.25, -0.2) is 0 Å². The van der Waals surface area contributed by atoms with E-state index in [1.165, 1.54) is 22.8 Å². The second-order valence-electron chi connectivity index (χ2n) is 6.01. The van der Waals surface area contributed by atoms with Gasteiger partial charge in [-0.2, -0.15) is 4.68 Å². The summed E-state index contributed by atoms with van der Waals surface area (Å²) in [7, 11) is 0. The molecule has 0 spiro atoms. The Bertz CT molecular complexity index is 979. The number of nitrogens with zero attached hydrogens (tertiary/aromatic N) is 4. The SMILES string of the molecule is CC(=O)Nc1cccc(NC(=O)c2c(-n3cnnn3)sc3c2CCC3)c1. The van der Waals surface area contributed by atoms with E-state index >= 15 is 0 Å². The first-order chi connectivity index (χ1) is 12.6. The van der Waals surface area contributed by atoms with E-state index in [0.717, 1.165) is 29.8 Å². The lowest BCUT2D eigenvalue weighted by molar-refractivity contribution is -0.114. The standard InChI is InChI=1S/C17H16N6O2S/c1-10(24)19-11-4-2-5-12(8-11)20-16(25)15-13-6-3-7-14(13)26-17(15)23-9-18-21-22-23/h2,4-5,8-9H,3,6-7H2,1H3,(H,19,24)(H,20,25). The predicted molar refractivity (Wildman–Crippen MR) is 97.8 cm³/mol. The van der Waals surface area contributed by atoms with Crippen molar-refractivity contribution in [2.24, 2.45) is 0 Å². The summed E-state index contributed by atoms with van der Waals surface area (Å²) in [6.45, 7) is 1.44. The highest BCUT2D eigenvalue weighted by Gasteiger charge is 2.28. The number of tetrazole rings is 1. The molecule has 0 radical (unpaired) electrons. The smallest absolute Gasteiger partial charge is 0.259 e. The van der Waals surface area contributed by atoms with Crippen LogP contribution in [0.3, 0.4) is 0 Å². The molecule has 8 nitrogen and oxygen atoms in total. The van der Waals surface area contributed by atoms with Gasteiger partial charge in [-0.1, -0.05) is 6.07 Å². The second kappa shape index (κ2) is 6.68. The summed E-state index contributed by atoms with van der Waals surface area (Å²) in [5.74, 6) is -0.361. The molecule has 1 aliphatic carbocycles. The van der Waals surface area contributed by atoms with Gasteiger partial charge in [0.25, 0.3) is 5.91 Å². The molecule has 0 bridgehead atoms. The van der Waals surface area contributed by atoms with E-state index in [9.17, 15) is 9.59 Å². The molecule has 0 atom stereocenters. The van der Waals surface area contributed by atoms with Gasteiger partial charge in [0.05, 0.1) is 5.56 Å². The first-order valence-electron chi connectivity index (χ1n) is 8.18. The van der Waals surface area contributed by atoms with Crippen molar-refractivity contribution in [3.63, 3.8) is 0 Å². The number of aromatic nitrogens is 4. The van der Waals surface area contributed by atoms with Crippen LogP contribution in [0.15, 0.2) is 30.6 Å². The fourth-order valence-electron chi connectivity index (χ4n) is 3.11. The molecule has 2 heterocycles. The summed E-state index contributed by atoms with van der Waals surface area (Å²) in [6.07, 6.45) is 4.40. The number of benzene rings is 1. The number of carbonyl (C=O) groups is 2. The summed E-state index contributed by atoms with van der Waals surface area (Å²) in [6, 6.07) is 7.06. The molecule has 3 aromatic rings. The van der Waals surface area contributed by atoms with Crippen molar-refractivity contribution in [1.29, 1.82) is 0 Å². The molecule has 9 heteroatoms. The van der Waals surface area contributed by atoms with E-state index in [-0.39, 0.29) is 11.8 Å². The average Bonchev–Trinajstić information content (AvgIpc) is 3.30. The van der Waals surface area contributed by atoms with Crippen molar-refractivity contribution in [3.8, 4) is 5.00 Å². The first-order valence-corrected chi connectivity index (χ1v) is 9.00. The van der Waals surface area contributed by atoms with Crippen LogP contribution in [-0.4, -0.2) is 32.0 Å². The second-order valence-corrected chi connectivity index (χ2v) is 7.09. The van der Waals surface area contributed by atoms with Gasteiger partial charge in [-0.3, -0.25) is 9.59 Å². The fourth-order valence-corrected chi connectivity index (χ4v) is 4.41. The molecule has 26 heavy (non-hydrogen) atoms. The zero-order valence-corrected chi connectivity index (χ0v) is 14.8. The normalized spacial score (nSPS) is 12.7. The third kappa shape index (κ3) is 3.08. The number of thiophene rings is 1. The minimum atomic E-state index is -0.199. The number of aryl methyl sites for hydroxylation is 1. The Labute approximate surface area is 153 Å². The highest BCUT2D eigenvalue weighted by molar-refractivity contribution is 7.15. The van der Waals surface area contributed by atoms with Crippen LogP contribution in [0.1, 0.15) is 34.1 Å². The molecule has 132 valence electrons. The van der Waals surface area contributed by atoms with Crippen molar-refractivity contribution < 1.29 is 9.59 Å². The topological polar surface area (TPSA) is 102 Å². The number of hydrogen-bond acceptors (Lipinski definition) is 6. The zero-order chi connectivity index (χ0) is 18.1. The number of nitrogens with one attached hydrogen (secondary N) is 2.